The zero-order chi connectivity index (χ0) is 18.4. The minimum atomic E-state index is -0.274. The number of H-pyrrole nitrogens is 1. The van der Waals surface area contributed by atoms with Crippen LogP contribution in [0.25, 0.3) is 0 Å². The van der Waals surface area contributed by atoms with Gasteiger partial charge in [0.05, 0.1) is 18.4 Å². The van der Waals surface area contributed by atoms with Crippen molar-refractivity contribution in [3.63, 3.8) is 0 Å². The van der Waals surface area contributed by atoms with Crippen molar-refractivity contribution in [1.29, 1.82) is 0 Å². The van der Waals surface area contributed by atoms with E-state index in [1.165, 1.54) is 11.8 Å². The Hall–Kier alpha value is -1.77. The molecule has 1 fully saturated rings. The maximum atomic E-state index is 12.0. The van der Waals surface area contributed by atoms with Crippen LogP contribution in [-0.4, -0.2) is 45.7 Å². The molecule has 2 N–H and O–H groups in total. The third kappa shape index (κ3) is 5.36. The summed E-state index contributed by atoms with van der Waals surface area (Å²) in [5, 5.41) is 10.5. The van der Waals surface area contributed by atoms with Gasteiger partial charge in [0, 0.05) is 18.2 Å². The third-order valence-electron chi connectivity index (χ3n) is 4.09. The first kappa shape index (κ1) is 19.0. The molecule has 0 radical (unpaired) electrons. The van der Waals surface area contributed by atoms with Crippen LogP contribution in [-0.2, 0) is 22.5 Å². The molecule has 0 aliphatic carbocycles. The predicted molar refractivity (Wildman–Crippen MR) is 101 cm³/mol. The molecule has 0 bridgehead atoms. The number of thioether (sulfide) groups is 1. The van der Waals surface area contributed by atoms with Crippen molar-refractivity contribution in [1.82, 2.24) is 20.1 Å². The van der Waals surface area contributed by atoms with E-state index in [2.05, 4.69) is 15.5 Å². The Morgan fingerprint density at radius 1 is 1.50 bits per heavy atom. The van der Waals surface area contributed by atoms with Crippen molar-refractivity contribution in [2.75, 3.05) is 18.9 Å². The van der Waals surface area contributed by atoms with Crippen molar-refractivity contribution in [3.8, 4) is 0 Å². The average molecular weight is 397 g/mol. The monoisotopic (exact) mass is 396 g/mol. The first-order valence-corrected chi connectivity index (χ1v) is 9.89. The van der Waals surface area contributed by atoms with Crippen LogP contribution in [0.3, 0.4) is 0 Å². The number of hydrogen-bond donors (Lipinski definition) is 2. The quantitative estimate of drug-likeness (QED) is 0.665. The molecule has 1 aliphatic heterocycles. The molecule has 7 nitrogen and oxygen atoms in total. The summed E-state index contributed by atoms with van der Waals surface area (Å²) in [6, 6.07) is 7.57. The summed E-state index contributed by atoms with van der Waals surface area (Å²) in [6.45, 7) is 1.73. The molecule has 1 amide bonds. The number of hydrogen-bond acceptors (Lipinski definition) is 5. The van der Waals surface area contributed by atoms with Crippen LogP contribution < -0.4 is 11.0 Å². The van der Waals surface area contributed by atoms with Gasteiger partial charge in [0.25, 0.3) is 0 Å². The first-order valence-electron chi connectivity index (χ1n) is 8.52. The van der Waals surface area contributed by atoms with Gasteiger partial charge in [-0.25, -0.2) is 9.89 Å². The lowest BCUT2D eigenvalue weighted by Gasteiger charge is -2.11. The molecule has 3 rings (SSSR count). The number of nitrogens with one attached hydrogen (secondary N) is 2. The van der Waals surface area contributed by atoms with Crippen LogP contribution >= 0.6 is 23.4 Å². The summed E-state index contributed by atoms with van der Waals surface area (Å²) >= 11 is 7.18. The van der Waals surface area contributed by atoms with E-state index >= 15 is 0 Å². The fraction of sp³-hybridized carbons (Fsp3) is 0.471. The maximum absolute atomic E-state index is 12.0. The molecule has 0 saturated carbocycles. The van der Waals surface area contributed by atoms with Gasteiger partial charge in [0.1, 0.15) is 0 Å². The van der Waals surface area contributed by atoms with E-state index in [9.17, 15) is 9.59 Å². The molecular formula is C17H21ClN4O3S. The van der Waals surface area contributed by atoms with E-state index in [1.807, 2.05) is 24.3 Å². The van der Waals surface area contributed by atoms with Crippen LogP contribution in [0.2, 0.25) is 5.02 Å². The van der Waals surface area contributed by atoms with Crippen LogP contribution in [0.15, 0.2) is 34.2 Å². The van der Waals surface area contributed by atoms with Gasteiger partial charge >= 0.3 is 5.69 Å². The summed E-state index contributed by atoms with van der Waals surface area (Å²) in [5.74, 6) is 0.0990. The molecule has 0 spiro atoms. The average Bonchev–Trinajstić information content (AvgIpc) is 3.25. The number of amides is 1. The molecule has 1 aromatic carbocycles. The normalized spacial score (nSPS) is 16.7. The zero-order valence-corrected chi connectivity index (χ0v) is 15.8. The van der Waals surface area contributed by atoms with Gasteiger partial charge in [0.15, 0.2) is 5.16 Å². The molecule has 26 heavy (non-hydrogen) atoms. The second kappa shape index (κ2) is 9.25. The molecule has 1 aliphatic rings. The number of rotatable bonds is 8. The minimum Gasteiger partial charge on any atom is -0.376 e. The molecule has 1 atom stereocenters. The fourth-order valence-corrected chi connectivity index (χ4v) is 3.78. The van der Waals surface area contributed by atoms with Gasteiger partial charge in [-0.2, -0.15) is 0 Å². The highest BCUT2D eigenvalue weighted by atomic mass is 35.5. The van der Waals surface area contributed by atoms with Crippen molar-refractivity contribution < 1.29 is 9.53 Å². The lowest BCUT2D eigenvalue weighted by molar-refractivity contribution is -0.118. The smallest absolute Gasteiger partial charge is 0.344 e. The molecule has 140 valence electrons. The summed E-state index contributed by atoms with van der Waals surface area (Å²) in [6.07, 6.45) is 2.69. The van der Waals surface area contributed by atoms with Crippen LogP contribution in [0.1, 0.15) is 18.4 Å². The Labute approximate surface area is 160 Å². The fourth-order valence-electron chi connectivity index (χ4n) is 2.79. The summed E-state index contributed by atoms with van der Waals surface area (Å²) in [4.78, 5) is 23.9. The van der Waals surface area contributed by atoms with Crippen LogP contribution in [0.4, 0.5) is 0 Å². The summed E-state index contributed by atoms with van der Waals surface area (Å²) in [5.41, 5.74) is 0.799. The highest BCUT2D eigenvalue weighted by molar-refractivity contribution is 7.99. The van der Waals surface area contributed by atoms with Gasteiger partial charge in [-0.15, -0.1) is 5.10 Å². The lowest BCUT2D eigenvalue weighted by atomic mass is 10.1. The summed E-state index contributed by atoms with van der Waals surface area (Å²) in [7, 11) is 0. The molecular weight excluding hydrogens is 376 g/mol. The number of aromatic nitrogens is 3. The highest BCUT2D eigenvalue weighted by Crippen LogP contribution is 2.18. The number of ether oxygens (including phenoxy) is 1. The van der Waals surface area contributed by atoms with Crippen molar-refractivity contribution in [3.05, 3.63) is 45.3 Å². The van der Waals surface area contributed by atoms with Gasteiger partial charge in [-0.05, 0) is 37.0 Å². The minimum absolute atomic E-state index is 0.0381. The Balaban J connectivity index is 1.45. The van der Waals surface area contributed by atoms with Gasteiger partial charge in [-0.3, -0.25) is 9.36 Å². The van der Waals surface area contributed by atoms with E-state index in [1.54, 1.807) is 4.57 Å². The predicted octanol–water partition coefficient (Wildman–Crippen LogP) is 1.85. The molecule has 2 aromatic rings. The second-order valence-electron chi connectivity index (χ2n) is 6.08. The Kier molecular flexibility index (Phi) is 6.76. The number of carbonyl (C=O) groups excluding carboxylic acids is 1. The molecule has 2 heterocycles. The highest BCUT2D eigenvalue weighted by Gasteiger charge is 2.20. The first-order chi connectivity index (χ1) is 12.6. The van der Waals surface area contributed by atoms with Gasteiger partial charge < -0.3 is 10.1 Å². The SMILES string of the molecule is O=C(CSc1n[nH]c(=O)n1C[C@H]1CCCO1)NCCc1cccc(Cl)c1. The standard InChI is InChI=1S/C17H21ClN4O3S/c18-13-4-1-3-12(9-13)6-7-19-15(23)11-26-17-21-20-16(24)22(17)10-14-5-2-8-25-14/h1,3-4,9,14H,2,5-8,10-11H2,(H,19,23)(H,20,24)/t14-/m1/s1. The molecule has 1 saturated heterocycles. The largest absolute Gasteiger partial charge is 0.376 e. The van der Waals surface area contributed by atoms with E-state index in [0.29, 0.717) is 29.7 Å². The van der Waals surface area contributed by atoms with Crippen molar-refractivity contribution >= 4 is 29.3 Å². The number of halogens is 1. The Bertz CT molecular complexity index is 801. The van der Waals surface area contributed by atoms with E-state index in [0.717, 1.165) is 25.0 Å². The molecule has 1 aromatic heterocycles. The third-order valence-corrected chi connectivity index (χ3v) is 5.30. The maximum Gasteiger partial charge on any atom is 0.344 e. The van der Waals surface area contributed by atoms with E-state index < -0.39 is 0 Å². The van der Waals surface area contributed by atoms with Crippen LogP contribution in [0.5, 0.6) is 0 Å². The number of benzene rings is 1. The Morgan fingerprint density at radius 2 is 2.38 bits per heavy atom. The second-order valence-corrected chi connectivity index (χ2v) is 7.45. The molecule has 9 heteroatoms. The van der Waals surface area contributed by atoms with E-state index in [4.69, 9.17) is 16.3 Å². The summed E-state index contributed by atoms with van der Waals surface area (Å²) < 4.78 is 7.11. The van der Waals surface area contributed by atoms with Crippen molar-refractivity contribution in [2.45, 2.75) is 37.1 Å². The zero-order valence-electron chi connectivity index (χ0n) is 14.2. The van der Waals surface area contributed by atoms with Crippen LogP contribution in [0, 0.1) is 0 Å². The van der Waals surface area contributed by atoms with Gasteiger partial charge in [-0.1, -0.05) is 35.5 Å². The van der Waals surface area contributed by atoms with Crippen molar-refractivity contribution in [2.24, 2.45) is 0 Å². The topological polar surface area (TPSA) is 89.0 Å². The number of carbonyl (C=O) groups is 1. The molecule has 0 unspecified atom stereocenters. The number of nitrogens with zero attached hydrogens (tertiary/aromatic N) is 2. The lowest BCUT2D eigenvalue weighted by Crippen LogP contribution is -2.28. The number of aromatic amines is 1. The van der Waals surface area contributed by atoms with Gasteiger partial charge in [0.2, 0.25) is 5.91 Å². The van der Waals surface area contributed by atoms with E-state index in [-0.39, 0.29) is 23.5 Å². The Morgan fingerprint density at radius 3 is 3.15 bits per heavy atom.